The summed E-state index contributed by atoms with van der Waals surface area (Å²) in [6.07, 6.45) is 3.74. The van der Waals surface area contributed by atoms with Gasteiger partial charge in [0.05, 0.1) is 6.57 Å². The molecule has 0 saturated heterocycles. The minimum Gasteiger partial charge on any atom is -0.329 e. The molecule has 1 aromatic heterocycles. The van der Waals surface area contributed by atoms with Crippen LogP contribution >= 0.6 is 0 Å². The smallest absolute Gasteiger partial charge is 0.329 e. The van der Waals surface area contributed by atoms with Crippen molar-refractivity contribution in [3.8, 4) is 0 Å². The quantitative estimate of drug-likeness (QED) is 0.314. The van der Waals surface area contributed by atoms with Crippen LogP contribution < -0.4 is 0 Å². The van der Waals surface area contributed by atoms with Gasteiger partial charge in [0.1, 0.15) is 0 Å². The van der Waals surface area contributed by atoms with E-state index in [2.05, 4.69) is 49.6 Å². The van der Waals surface area contributed by atoms with Crippen LogP contribution in [0.1, 0.15) is 105 Å². The van der Waals surface area contributed by atoms with Crippen molar-refractivity contribution in [3.05, 3.63) is 46.6 Å². The Morgan fingerprint density at radius 2 is 1.67 bits per heavy atom. The standard InChI is InChI=1S/C33H40F3N3O3/c1-27(2)11-13-32(25-38-26(42-39-25)33(34,35)36)14-12-31(7)23(18(32)16-27)20(40)15-22-29(5)17-19(37-8)24(41)28(3,4)21(29)9-10-30(22,31)6/h15,17-18,21,23H,9-14,16H2,1-7H3/t18-,21-,23-,29-,30+,31+,32-/m0/s1. The third-order valence-corrected chi connectivity index (χ3v) is 13.0. The molecule has 0 unspecified atom stereocenters. The maximum atomic E-state index is 14.6. The fraction of sp³-hybridized carbons (Fsp3) is 0.727. The first-order valence-corrected chi connectivity index (χ1v) is 15.1. The van der Waals surface area contributed by atoms with Crippen molar-refractivity contribution in [2.75, 3.05) is 0 Å². The van der Waals surface area contributed by atoms with Crippen LogP contribution in [0, 0.1) is 51.4 Å². The number of rotatable bonds is 1. The van der Waals surface area contributed by atoms with Gasteiger partial charge in [-0.25, -0.2) is 4.85 Å². The number of allylic oxidation sites excluding steroid dienone is 4. The molecule has 226 valence electrons. The van der Waals surface area contributed by atoms with Gasteiger partial charge in [0.15, 0.2) is 17.4 Å². The normalized spacial score (nSPS) is 42.3. The molecule has 1 aromatic rings. The van der Waals surface area contributed by atoms with Gasteiger partial charge in [0.25, 0.3) is 0 Å². The molecule has 6 rings (SSSR count). The van der Waals surface area contributed by atoms with Gasteiger partial charge >= 0.3 is 12.1 Å². The van der Waals surface area contributed by atoms with Crippen LogP contribution in [0.4, 0.5) is 13.2 Å². The number of aromatic nitrogens is 2. The minimum absolute atomic E-state index is 0.00867. The van der Waals surface area contributed by atoms with Gasteiger partial charge in [-0.3, -0.25) is 4.79 Å². The molecule has 0 bridgehead atoms. The highest BCUT2D eigenvalue weighted by Crippen LogP contribution is 2.74. The summed E-state index contributed by atoms with van der Waals surface area (Å²) in [5.74, 6) is -2.12. The summed E-state index contributed by atoms with van der Waals surface area (Å²) in [4.78, 5) is 35.4. The molecule has 6 nitrogen and oxygen atoms in total. The predicted octanol–water partition coefficient (Wildman–Crippen LogP) is 7.91. The summed E-state index contributed by atoms with van der Waals surface area (Å²) < 4.78 is 45.4. The van der Waals surface area contributed by atoms with E-state index >= 15 is 0 Å². The second kappa shape index (κ2) is 8.45. The summed E-state index contributed by atoms with van der Waals surface area (Å²) >= 11 is 0. The molecule has 3 saturated carbocycles. The summed E-state index contributed by atoms with van der Waals surface area (Å²) in [5.41, 5.74) is -1.99. The lowest BCUT2D eigenvalue weighted by Gasteiger charge is -2.69. The fourth-order valence-electron chi connectivity index (χ4n) is 10.5. The molecule has 0 aromatic carbocycles. The summed E-state index contributed by atoms with van der Waals surface area (Å²) in [6, 6.07) is 0. The lowest BCUT2D eigenvalue weighted by Crippen LogP contribution is -2.65. The Morgan fingerprint density at radius 3 is 2.29 bits per heavy atom. The Hall–Kier alpha value is -2.76. The molecule has 0 aliphatic heterocycles. The number of ketones is 2. The van der Waals surface area contributed by atoms with Crippen LogP contribution in [0.25, 0.3) is 4.85 Å². The van der Waals surface area contributed by atoms with Crippen LogP contribution in [-0.2, 0) is 21.2 Å². The molecular weight excluding hydrogens is 543 g/mol. The Bertz CT molecular complexity index is 1500. The zero-order valence-electron chi connectivity index (χ0n) is 25.5. The first-order valence-electron chi connectivity index (χ1n) is 15.1. The van der Waals surface area contributed by atoms with E-state index in [9.17, 15) is 22.8 Å². The maximum Gasteiger partial charge on any atom is 0.471 e. The number of hydrogen-bond donors (Lipinski definition) is 0. The largest absolute Gasteiger partial charge is 0.471 e. The summed E-state index contributed by atoms with van der Waals surface area (Å²) in [5, 5.41) is 3.92. The van der Waals surface area contributed by atoms with E-state index in [0.29, 0.717) is 25.7 Å². The molecule has 42 heavy (non-hydrogen) atoms. The van der Waals surface area contributed by atoms with Crippen molar-refractivity contribution in [1.29, 1.82) is 0 Å². The van der Waals surface area contributed by atoms with Crippen molar-refractivity contribution in [2.45, 2.75) is 105 Å². The van der Waals surface area contributed by atoms with E-state index in [-0.39, 0.29) is 40.3 Å². The minimum atomic E-state index is -4.73. The van der Waals surface area contributed by atoms with Crippen molar-refractivity contribution in [1.82, 2.24) is 10.1 Å². The van der Waals surface area contributed by atoms with Gasteiger partial charge in [-0.05, 0) is 79.1 Å². The zero-order chi connectivity index (χ0) is 30.9. The first-order chi connectivity index (χ1) is 19.3. The first kappa shape index (κ1) is 29.3. The molecule has 0 N–H and O–H groups in total. The highest BCUT2D eigenvalue weighted by atomic mass is 19.4. The Labute approximate surface area is 245 Å². The molecule has 5 aliphatic rings. The Balaban J connectivity index is 1.52. The average molecular weight is 584 g/mol. The molecule has 0 spiro atoms. The van der Waals surface area contributed by atoms with Crippen LogP contribution in [0.2, 0.25) is 0 Å². The second-order valence-corrected chi connectivity index (χ2v) is 15.8. The SMILES string of the molecule is [C-]#[N+]C1=C[C@]2(C)C3=CC(=O)[C@@H]4[C@@H]5CC(C)(C)CC[C@]5(c5noc(C(F)(F)F)n5)CC[C@@]4(C)[C@]3(C)CC[C@H]2C(C)(C)C1=O. The van der Waals surface area contributed by atoms with Crippen LogP contribution in [0.15, 0.2) is 27.9 Å². The molecule has 0 amide bonds. The number of nitrogens with zero attached hydrogens (tertiary/aromatic N) is 3. The number of hydrogen-bond acceptors (Lipinski definition) is 5. The van der Waals surface area contributed by atoms with E-state index in [1.807, 2.05) is 19.9 Å². The maximum absolute atomic E-state index is 14.6. The van der Waals surface area contributed by atoms with Crippen LogP contribution in [0.5, 0.6) is 0 Å². The highest BCUT2D eigenvalue weighted by Gasteiger charge is 2.70. The van der Waals surface area contributed by atoms with Gasteiger partial charge in [0.2, 0.25) is 5.70 Å². The predicted molar refractivity (Wildman–Crippen MR) is 148 cm³/mol. The van der Waals surface area contributed by atoms with E-state index in [1.54, 1.807) is 6.08 Å². The Morgan fingerprint density at radius 1 is 1.00 bits per heavy atom. The van der Waals surface area contributed by atoms with Crippen molar-refractivity contribution < 1.29 is 27.3 Å². The van der Waals surface area contributed by atoms with Crippen LogP contribution in [-0.4, -0.2) is 21.7 Å². The molecule has 7 atom stereocenters. The molecule has 5 aliphatic carbocycles. The van der Waals surface area contributed by atoms with Crippen molar-refractivity contribution in [3.63, 3.8) is 0 Å². The number of alkyl halides is 3. The lowest BCUT2D eigenvalue weighted by atomic mass is 9.34. The van der Waals surface area contributed by atoms with Crippen molar-refractivity contribution in [2.24, 2.45) is 44.8 Å². The molecule has 0 radical (unpaired) electrons. The molecule has 9 heteroatoms. The molecule has 3 fully saturated rings. The monoisotopic (exact) mass is 583 g/mol. The van der Waals surface area contributed by atoms with Gasteiger partial charge in [-0.15, -0.1) is 0 Å². The van der Waals surface area contributed by atoms with E-state index in [1.165, 1.54) is 0 Å². The lowest BCUT2D eigenvalue weighted by molar-refractivity contribution is -0.161. The van der Waals surface area contributed by atoms with E-state index in [0.717, 1.165) is 24.8 Å². The topological polar surface area (TPSA) is 77.4 Å². The van der Waals surface area contributed by atoms with Gasteiger partial charge in [-0.1, -0.05) is 65.3 Å². The number of halogens is 3. The zero-order valence-corrected chi connectivity index (χ0v) is 25.5. The van der Waals surface area contributed by atoms with Gasteiger partial charge in [0, 0.05) is 22.2 Å². The van der Waals surface area contributed by atoms with Crippen molar-refractivity contribution >= 4 is 11.6 Å². The highest BCUT2D eigenvalue weighted by molar-refractivity contribution is 6.03. The number of Topliss-reactive ketones (excluding diaryl/α,β-unsaturated/α-hetero) is 1. The number of fused-ring (bicyclic) bond motifs is 7. The number of carbonyl (C=O) groups is 2. The molecular formula is C33H40F3N3O3. The number of carbonyl (C=O) groups excluding carboxylic acids is 2. The van der Waals surface area contributed by atoms with Crippen LogP contribution in [0.3, 0.4) is 0 Å². The third kappa shape index (κ3) is 3.56. The molecule has 1 heterocycles. The Kier molecular flexibility index (Phi) is 5.90. The third-order valence-electron chi connectivity index (χ3n) is 13.0. The summed E-state index contributed by atoms with van der Waals surface area (Å²) in [6.45, 7) is 22.5. The van der Waals surface area contributed by atoms with Gasteiger partial charge in [-0.2, -0.15) is 18.2 Å². The van der Waals surface area contributed by atoms with E-state index < -0.39 is 45.1 Å². The van der Waals surface area contributed by atoms with Gasteiger partial charge < -0.3 is 9.32 Å². The second-order valence-electron chi connectivity index (χ2n) is 15.8. The average Bonchev–Trinajstić information content (AvgIpc) is 3.39. The fourth-order valence-corrected chi connectivity index (χ4v) is 10.5. The van der Waals surface area contributed by atoms with E-state index in [4.69, 9.17) is 11.1 Å². The summed E-state index contributed by atoms with van der Waals surface area (Å²) in [7, 11) is 0.